The van der Waals surface area contributed by atoms with E-state index in [2.05, 4.69) is 0 Å². The molecular formula is C12H13O2S2-. The highest BCUT2D eigenvalue weighted by Gasteiger charge is 2.09. The summed E-state index contributed by atoms with van der Waals surface area (Å²) in [5.74, 6) is -1.18. The molecule has 0 aromatic heterocycles. The fourth-order valence-electron chi connectivity index (χ4n) is 1.70. The third kappa shape index (κ3) is 3.32. The monoisotopic (exact) mass is 253 g/mol. The molecule has 0 saturated heterocycles. The van der Waals surface area contributed by atoms with Gasteiger partial charge in [-0.3, -0.25) is 0 Å². The quantitative estimate of drug-likeness (QED) is 0.770. The van der Waals surface area contributed by atoms with Gasteiger partial charge in [-0.15, -0.1) is 11.8 Å². The van der Waals surface area contributed by atoms with Gasteiger partial charge in [0.25, 0.3) is 0 Å². The number of aliphatic carboxylic acids is 1. The summed E-state index contributed by atoms with van der Waals surface area (Å²) >= 11 is 6.37. The molecule has 0 atom stereocenters. The van der Waals surface area contributed by atoms with Gasteiger partial charge in [0.05, 0.1) is 10.2 Å². The maximum atomic E-state index is 10.4. The summed E-state index contributed by atoms with van der Waals surface area (Å²) in [6.07, 6.45) is 0. The minimum Gasteiger partial charge on any atom is -0.549 e. The molecule has 0 heterocycles. The number of carbonyl (C=O) groups is 1. The van der Waals surface area contributed by atoms with Crippen molar-refractivity contribution in [3.05, 3.63) is 34.4 Å². The largest absolute Gasteiger partial charge is 0.549 e. The van der Waals surface area contributed by atoms with E-state index in [1.54, 1.807) is 0 Å². The molecule has 0 fully saturated rings. The second-order valence-electron chi connectivity index (χ2n) is 3.72. The van der Waals surface area contributed by atoms with Crippen molar-refractivity contribution in [1.29, 1.82) is 0 Å². The normalized spacial score (nSPS) is 10.2. The molecule has 0 radical (unpaired) electrons. The van der Waals surface area contributed by atoms with Gasteiger partial charge in [0.15, 0.2) is 0 Å². The Morgan fingerprint density at radius 2 is 1.81 bits per heavy atom. The summed E-state index contributed by atoms with van der Waals surface area (Å²) < 4.78 is 0.624. The third-order valence-corrected chi connectivity index (χ3v) is 3.61. The molecule has 2 nitrogen and oxygen atoms in total. The van der Waals surface area contributed by atoms with Crippen LogP contribution in [0.5, 0.6) is 0 Å². The van der Waals surface area contributed by atoms with Crippen LogP contribution >= 0.6 is 24.0 Å². The summed E-state index contributed by atoms with van der Waals surface area (Å²) in [6.45, 7) is 6.00. The number of thioether (sulfide) groups is 1. The molecule has 1 aromatic carbocycles. The lowest BCUT2D eigenvalue weighted by Crippen LogP contribution is -2.25. The van der Waals surface area contributed by atoms with Crippen LogP contribution in [0.1, 0.15) is 22.3 Å². The summed E-state index contributed by atoms with van der Waals surface area (Å²) in [7, 11) is 0. The van der Waals surface area contributed by atoms with Crippen molar-refractivity contribution < 1.29 is 9.90 Å². The molecule has 4 heteroatoms. The van der Waals surface area contributed by atoms with Crippen LogP contribution in [0.2, 0.25) is 0 Å². The van der Waals surface area contributed by atoms with Gasteiger partial charge in [-0.05, 0) is 31.9 Å². The molecule has 16 heavy (non-hydrogen) atoms. The number of thiocarbonyl (C=S) groups is 1. The van der Waals surface area contributed by atoms with Gasteiger partial charge < -0.3 is 9.90 Å². The number of aryl methyl sites for hydroxylation is 3. The minimum absolute atomic E-state index is 0.0917. The third-order valence-electron chi connectivity index (χ3n) is 2.20. The van der Waals surface area contributed by atoms with Crippen LogP contribution in [-0.4, -0.2) is 15.9 Å². The highest BCUT2D eigenvalue weighted by Crippen LogP contribution is 2.22. The van der Waals surface area contributed by atoms with E-state index in [1.165, 1.54) is 5.56 Å². The van der Waals surface area contributed by atoms with Crippen molar-refractivity contribution in [3.8, 4) is 0 Å². The van der Waals surface area contributed by atoms with Crippen LogP contribution in [0.3, 0.4) is 0 Å². The Kier molecular flexibility index (Phi) is 4.50. The topological polar surface area (TPSA) is 40.1 Å². The Hall–Kier alpha value is -0.870. The number of benzene rings is 1. The summed E-state index contributed by atoms with van der Waals surface area (Å²) in [5.41, 5.74) is 4.35. The first-order valence-electron chi connectivity index (χ1n) is 4.86. The van der Waals surface area contributed by atoms with E-state index >= 15 is 0 Å². The molecule has 0 unspecified atom stereocenters. The van der Waals surface area contributed by atoms with Gasteiger partial charge >= 0.3 is 0 Å². The smallest absolute Gasteiger partial charge is 0.0787 e. The maximum Gasteiger partial charge on any atom is 0.0787 e. The maximum absolute atomic E-state index is 10.4. The van der Waals surface area contributed by atoms with Crippen LogP contribution in [0.15, 0.2) is 12.1 Å². The number of carboxylic acids is 1. The second kappa shape index (κ2) is 5.46. The zero-order chi connectivity index (χ0) is 12.3. The number of hydrogen-bond donors (Lipinski definition) is 0. The molecule has 0 aliphatic heterocycles. The van der Waals surface area contributed by atoms with E-state index in [0.29, 0.717) is 4.20 Å². The molecule has 0 amide bonds. The predicted molar refractivity (Wildman–Crippen MR) is 69.8 cm³/mol. The summed E-state index contributed by atoms with van der Waals surface area (Å²) in [6, 6.07) is 4.10. The summed E-state index contributed by atoms with van der Waals surface area (Å²) in [5, 5.41) is 10.4. The van der Waals surface area contributed by atoms with Crippen LogP contribution in [0, 0.1) is 20.8 Å². The van der Waals surface area contributed by atoms with Crippen molar-refractivity contribution >= 4 is 34.1 Å². The van der Waals surface area contributed by atoms with Crippen molar-refractivity contribution in [1.82, 2.24) is 0 Å². The van der Waals surface area contributed by atoms with Crippen molar-refractivity contribution in [2.24, 2.45) is 0 Å². The lowest BCUT2D eigenvalue weighted by Gasteiger charge is -2.12. The first kappa shape index (κ1) is 13.2. The lowest BCUT2D eigenvalue weighted by atomic mass is 10.0. The van der Waals surface area contributed by atoms with Gasteiger partial charge in [-0.2, -0.15) is 0 Å². The Bertz CT molecular complexity index is 416. The van der Waals surface area contributed by atoms with Crippen molar-refractivity contribution in [2.45, 2.75) is 20.8 Å². The molecule has 1 rings (SSSR count). The number of carbonyl (C=O) groups excluding carboxylic acids is 1. The highest BCUT2D eigenvalue weighted by molar-refractivity contribution is 8.24. The predicted octanol–water partition coefficient (Wildman–Crippen LogP) is 1.77. The Morgan fingerprint density at radius 3 is 2.25 bits per heavy atom. The summed E-state index contributed by atoms with van der Waals surface area (Å²) in [4.78, 5) is 10.4. The number of rotatable bonds is 3. The SMILES string of the molecule is Cc1cc(C)c(C(=S)SCC(=O)[O-])c(C)c1. The molecule has 0 aliphatic rings. The van der Waals surface area contributed by atoms with Crippen LogP contribution in [0.25, 0.3) is 0 Å². The fourth-order valence-corrected chi connectivity index (χ4v) is 2.91. The Balaban J connectivity index is 2.95. The molecule has 0 saturated carbocycles. The molecule has 0 bridgehead atoms. The zero-order valence-corrected chi connectivity index (χ0v) is 11.1. The van der Waals surface area contributed by atoms with Gasteiger partial charge in [-0.25, -0.2) is 0 Å². The average molecular weight is 253 g/mol. The zero-order valence-electron chi connectivity index (χ0n) is 9.49. The van der Waals surface area contributed by atoms with Gasteiger partial charge in [0.1, 0.15) is 0 Å². The van der Waals surface area contributed by atoms with Crippen molar-refractivity contribution in [2.75, 3.05) is 5.75 Å². The Labute approximate surface area is 105 Å². The van der Waals surface area contributed by atoms with Crippen molar-refractivity contribution in [3.63, 3.8) is 0 Å². The number of carboxylic acid groups (broad SMARTS) is 1. The Morgan fingerprint density at radius 1 is 1.31 bits per heavy atom. The molecule has 0 N–H and O–H groups in total. The fraction of sp³-hybridized carbons (Fsp3) is 0.333. The van der Waals surface area contributed by atoms with Gasteiger partial charge in [0, 0.05) is 11.3 Å². The van der Waals surface area contributed by atoms with Gasteiger partial charge in [-0.1, -0.05) is 29.9 Å². The average Bonchev–Trinajstić information content (AvgIpc) is 2.12. The van der Waals surface area contributed by atoms with Crippen LogP contribution in [0.4, 0.5) is 0 Å². The standard InChI is InChI=1S/C12H14O2S2/c1-7-4-8(2)11(9(3)5-7)12(15)16-6-10(13)14/h4-5H,6H2,1-3H3,(H,13,14)/p-1. The van der Waals surface area contributed by atoms with Gasteiger partial charge in [0.2, 0.25) is 0 Å². The molecule has 1 aromatic rings. The first-order valence-corrected chi connectivity index (χ1v) is 6.26. The highest BCUT2D eigenvalue weighted by atomic mass is 32.2. The van der Waals surface area contributed by atoms with E-state index in [1.807, 2.05) is 32.9 Å². The van der Waals surface area contributed by atoms with Crippen LogP contribution < -0.4 is 5.11 Å². The van der Waals surface area contributed by atoms with E-state index in [9.17, 15) is 9.90 Å². The number of hydrogen-bond acceptors (Lipinski definition) is 4. The molecule has 0 aliphatic carbocycles. The minimum atomic E-state index is -1.09. The van der Waals surface area contributed by atoms with Crippen LogP contribution in [-0.2, 0) is 4.79 Å². The van der Waals surface area contributed by atoms with E-state index in [-0.39, 0.29) is 5.75 Å². The molecule has 0 spiro atoms. The lowest BCUT2D eigenvalue weighted by molar-refractivity contribution is -0.301. The van der Waals surface area contributed by atoms with E-state index in [0.717, 1.165) is 28.5 Å². The van der Waals surface area contributed by atoms with E-state index in [4.69, 9.17) is 12.2 Å². The first-order chi connectivity index (χ1) is 7.41. The molecular weight excluding hydrogens is 240 g/mol. The molecule has 86 valence electrons. The second-order valence-corrected chi connectivity index (χ2v) is 5.37. The van der Waals surface area contributed by atoms with E-state index < -0.39 is 5.97 Å².